The van der Waals surface area contributed by atoms with Gasteiger partial charge in [-0.25, -0.2) is 0 Å². The molecule has 0 aliphatic heterocycles. The predicted octanol–water partition coefficient (Wildman–Crippen LogP) is 2.84. The average molecular weight is 292 g/mol. The quantitative estimate of drug-likeness (QED) is 0.924. The van der Waals surface area contributed by atoms with Crippen molar-refractivity contribution in [2.24, 2.45) is 7.05 Å². The maximum Gasteiger partial charge on any atom is 0.125 e. The summed E-state index contributed by atoms with van der Waals surface area (Å²) in [6.45, 7) is 2.78. The Labute approximate surface area is 109 Å². The zero-order valence-electron chi connectivity index (χ0n) is 10.1. The van der Waals surface area contributed by atoms with Crippen LogP contribution in [-0.4, -0.2) is 11.6 Å². The van der Waals surface area contributed by atoms with E-state index in [1.807, 2.05) is 24.7 Å². The van der Waals surface area contributed by atoms with Crippen LogP contribution in [0.15, 0.2) is 16.6 Å². The standard InChI is InChI=1S/C13H14BrN3/c1-8-4-5-10(14)13-12(8)9(7-16-2)11(6-15)17(13)3/h4-5,16H,7H2,1-3H3. The second-order valence-electron chi connectivity index (χ2n) is 4.12. The largest absolute Gasteiger partial charge is 0.334 e. The monoisotopic (exact) mass is 291 g/mol. The van der Waals surface area contributed by atoms with E-state index < -0.39 is 0 Å². The molecule has 3 nitrogen and oxygen atoms in total. The van der Waals surface area contributed by atoms with E-state index in [0.29, 0.717) is 6.54 Å². The van der Waals surface area contributed by atoms with Crippen LogP contribution in [-0.2, 0) is 13.6 Å². The number of hydrogen-bond acceptors (Lipinski definition) is 2. The Morgan fingerprint density at radius 2 is 2.18 bits per heavy atom. The number of rotatable bonds is 2. The Morgan fingerprint density at radius 1 is 1.47 bits per heavy atom. The molecule has 0 unspecified atom stereocenters. The first-order valence-electron chi connectivity index (χ1n) is 5.42. The highest BCUT2D eigenvalue weighted by atomic mass is 79.9. The highest BCUT2D eigenvalue weighted by Gasteiger charge is 2.17. The minimum atomic E-state index is 0.706. The summed E-state index contributed by atoms with van der Waals surface area (Å²) in [5, 5.41) is 13.6. The zero-order chi connectivity index (χ0) is 12.6. The van der Waals surface area contributed by atoms with Gasteiger partial charge < -0.3 is 9.88 Å². The predicted molar refractivity (Wildman–Crippen MR) is 72.8 cm³/mol. The highest BCUT2D eigenvalue weighted by Crippen LogP contribution is 2.33. The van der Waals surface area contributed by atoms with E-state index >= 15 is 0 Å². The summed E-state index contributed by atoms with van der Waals surface area (Å²) in [5.41, 5.74) is 4.09. The van der Waals surface area contributed by atoms with Crippen LogP contribution in [0.5, 0.6) is 0 Å². The molecule has 0 atom stereocenters. The molecule has 4 heteroatoms. The van der Waals surface area contributed by atoms with Crippen LogP contribution in [0.3, 0.4) is 0 Å². The van der Waals surface area contributed by atoms with E-state index in [2.05, 4.69) is 40.3 Å². The second kappa shape index (κ2) is 4.52. The van der Waals surface area contributed by atoms with Crippen molar-refractivity contribution in [1.29, 1.82) is 5.26 Å². The number of nitriles is 1. The SMILES string of the molecule is CNCc1c(C#N)n(C)c2c(Br)ccc(C)c12. The molecule has 0 bridgehead atoms. The van der Waals surface area contributed by atoms with Crippen molar-refractivity contribution in [3.63, 3.8) is 0 Å². The van der Waals surface area contributed by atoms with E-state index in [4.69, 9.17) is 0 Å². The van der Waals surface area contributed by atoms with Crippen LogP contribution in [0.2, 0.25) is 0 Å². The van der Waals surface area contributed by atoms with Gasteiger partial charge in [0, 0.05) is 29.0 Å². The summed E-state index contributed by atoms with van der Waals surface area (Å²) in [6.07, 6.45) is 0. The summed E-state index contributed by atoms with van der Waals surface area (Å²) in [7, 11) is 3.83. The number of fused-ring (bicyclic) bond motifs is 1. The molecule has 0 saturated carbocycles. The van der Waals surface area contributed by atoms with Crippen molar-refractivity contribution in [2.45, 2.75) is 13.5 Å². The Kier molecular flexibility index (Phi) is 3.23. The van der Waals surface area contributed by atoms with Gasteiger partial charge in [-0.2, -0.15) is 5.26 Å². The molecule has 2 aromatic rings. The molecule has 1 aromatic heterocycles. The molecular weight excluding hydrogens is 278 g/mol. The molecule has 0 radical (unpaired) electrons. The Hall–Kier alpha value is -1.31. The lowest BCUT2D eigenvalue weighted by Crippen LogP contribution is -2.07. The summed E-state index contributed by atoms with van der Waals surface area (Å²) >= 11 is 3.56. The Balaban J connectivity index is 2.96. The minimum absolute atomic E-state index is 0.706. The third-order valence-electron chi connectivity index (χ3n) is 3.05. The summed E-state index contributed by atoms with van der Waals surface area (Å²) in [4.78, 5) is 0. The lowest BCUT2D eigenvalue weighted by atomic mass is 10.1. The Bertz CT molecular complexity index is 620. The molecule has 0 aliphatic carbocycles. The average Bonchev–Trinajstić information content (AvgIpc) is 2.59. The molecule has 0 amide bonds. The molecule has 1 aromatic carbocycles. The zero-order valence-corrected chi connectivity index (χ0v) is 11.7. The van der Waals surface area contributed by atoms with Crippen molar-refractivity contribution in [3.8, 4) is 6.07 Å². The summed E-state index contributed by atoms with van der Waals surface area (Å²) in [6, 6.07) is 6.40. The molecule has 0 fully saturated rings. The van der Waals surface area contributed by atoms with Crippen LogP contribution in [0, 0.1) is 18.3 Å². The van der Waals surface area contributed by atoms with E-state index in [0.717, 1.165) is 21.2 Å². The smallest absolute Gasteiger partial charge is 0.125 e. The number of aromatic nitrogens is 1. The normalized spacial score (nSPS) is 10.8. The second-order valence-corrected chi connectivity index (χ2v) is 4.97. The van der Waals surface area contributed by atoms with Crippen LogP contribution in [0.4, 0.5) is 0 Å². The van der Waals surface area contributed by atoms with E-state index in [1.165, 1.54) is 10.9 Å². The number of hydrogen-bond donors (Lipinski definition) is 1. The van der Waals surface area contributed by atoms with E-state index in [1.54, 1.807) is 0 Å². The third-order valence-corrected chi connectivity index (χ3v) is 3.69. The number of aryl methyl sites for hydroxylation is 2. The van der Waals surface area contributed by atoms with Gasteiger partial charge in [0.15, 0.2) is 0 Å². The van der Waals surface area contributed by atoms with Crippen LogP contribution in [0.1, 0.15) is 16.8 Å². The third kappa shape index (κ3) is 1.76. The molecule has 1 N–H and O–H groups in total. The van der Waals surface area contributed by atoms with Crippen molar-refractivity contribution in [3.05, 3.63) is 33.4 Å². The van der Waals surface area contributed by atoms with E-state index in [-0.39, 0.29) is 0 Å². The molecule has 0 saturated heterocycles. The van der Waals surface area contributed by atoms with Gasteiger partial charge >= 0.3 is 0 Å². The number of benzene rings is 1. The number of nitrogens with zero attached hydrogens (tertiary/aromatic N) is 2. The van der Waals surface area contributed by atoms with Crippen LogP contribution >= 0.6 is 15.9 Å². The molecule has 17 heavy (non-hydrogen) atoms. The molecule has 0 aliphatic rings. The van der Waals surface area contributed by atoms with Crippen molar-refractivity contribution >= 4 is 26.8 Å². The fraction of sp³-hybridized carbons (Fsp3) is 0.308. The molecule has 1 heterocycles. The van der Waals surface area contributed by atoms with Gasteiger partial charge in [0.05, 0.1) is 5.52 Å². The first-order chi connectivity index (χ1) is 8.11. The van der Waals surface area contributed by atoms with Gasteiger partial charge in [0.2, 0.25) is 0 Å². The highest BCUT2D eigenvalue weighted by molar-refractivity contribution is 9.10. The molecular formula is C13H14BrN3. The Morgan fingerprint density at radius 3 is 2.76 bits per heavy atom. The maximum atomic E-state index is 9.29. The van der Waals surface area contributed by atoms with Crippen LogP contribution < -0.4 is 5.32 Å². The lowest BCUT2D eigenvalue weighted by Gasteiger charge is -2.03. The minimum Gasteiger partial charge on any atom is -0.334 e. The van der Waals surface area contributed by atoms with Gasteiger partial charge in [-0.05, 0) is 41.5 Å². The lowest BCUT2D eigenvalue weighted by molar-refractivity contribution is 0.810. The van der Waals surface area contributed by atoms with Crippen molar-refractivity contribution in [1.82, 2.24) is 9.88 Å². The van der Waals surface area contributed by atoms with Crippen molar-refractivity contribution in [2.75, 3.05) is 7.05 Å². The molecule has 0 spiro atoms. The number of nitrogens with one attached hydrogen (secondary N) is 1. The van der Waals surface area contributed by atoms with Crippen LogP contribution in [0.25, 0.3) is 10.9 Å². The van der Waals surface area contributed by atoms with Gasteiger partial charge in [-0.1, -0.05) is 6.07 Å². The maximum absolute atomic E-state index is 9.29. The summed E-state index contributed by atoms with van der Waals surface area (Å²) < 4.78 is 2.98. The molecule has 88 valence electrons. The van der Waals surface area contributed by atoms with Gasteiger partial charge in [-0.15, -0.1) is 0 Å². The fourth-order valence-corrected chi connectivity index (χ4v) is 2.90. The number of halogens is 1. The van der Waals surface area contributed by atoms with Gasteiger partial charge in [0.25, 0.3) is 0 Å². The van der Waals surface area contributed by atoms with Gasteiger partial charge in [0.1, 0.15) is 11.8 Å². The first-order valence-corrected chi connectivity index (χ1v) is 6.22. The van der Waals surface area contributed by atoms with Gasteiger partial charge in [-0.3, -0.25) is 0 Å². The van der Waals surface area contributed by atoms with Crippen molar-refractivity contribution < 1.29 is 0 Å². The fourth-order valence-electron chi connectivity index (χ4n) is 2.30. The first kappa shape index (κ1) is 12.2. The summed E-state index contributed by atoms with van der Waals surface area (Å²) in [5.74, 6) is 0. The topological polar surface area (TPSA) is 40.8 Å². The molecule has 2 rings (SSSR count). The van der Waals surface area contributed by atoms with E-state index in [9.17, 15) is 5.26 Å².